The van der Waals surface area contributed by atoms with Crippen molar-refractivity contribution in [1.29, 1.82) is 0 Å². The van der Waals surface area contributed by atoms with Crippen molar-refractivity contribution in [3.8, 4) is 0 Å². The van der Waals surface area contributed by atoms with Gasteiger partial charge in [-0.15, -0.1) is 10.2 Å². The Balaban J connectivity index is 1.39. The zero-order valence-electron chi connectivity index (χ0n) is 18.9. The Hall–Kier alpha value is -2.96. The van der Waals surface area contributed by atoms with Gasteiger partial charge in [-0.2, -0.15) is 9.97 Å². The maximum atomic E-state index is 12.6. The van der Waals surface area contributed by atoms with Gasteiger partial charge in [0.2, 0.25) is 17.8 Å². The Morgan fingerprint density at radius 3 is 2.73 bits per heavy atom. The van der Waals surface area contributed by atoms with Crippen molar-refractivity contribution >= 4 is 41.0 Å². The molecule has 12 heteroatoms. The van der Waals surface area contributed by atoms with E-state index in [0.717, 1.165) is 44.1 Å². The predicted octanol–water partition coefficient (Wildman–Crippen LogP) is 1.95. The Morgan fingerprint density at radius 1 is 1.12 bits per heavy atom. The molecule has 3 aromatic rings. The van der Waals surface area contributed by atoms with Gasteiger partial charge in [0.25, 0.3) is 5.78 Å². The Kier molecular flexibility index (Phi) is 7.92. The standard InChI is InChI=1S/C21H29N9O2S/c1-3-22-18-25-19(23-4-2)30-20(26-18)27-28-21(30)33-14-17(31)24-16-7-5-6-15(12-16)13-29-8-10-32-11-9-29/h5-7,12H,3-4,8-11,13-14H2,1-2H3,(H,24,31)(H2,22,23,25,26,27). The number of amides is 1. The fraction of sp³-hybridized carbons (Fsp3) is 0.476. The summed E-state index contributed by atoms with van der Waals surface area (Å²) in [5.74, 6) is 1.57. The molecule has 0 atom stereocenters. The lowest BCUT2D eigenvalue weighted by Crippen LogP contribution is -2.35. The number of benzene rings is 1. The Labute approximate surface area is 196 Å². The van der Waals surface area contributed by atoms with E-state index in [2.05, 4.69) is 47.1 Å². The zero-order chi connectivity index (χ0) is 23.0. The average molecular weight is 472 g/mol. The van der Waals surface area contributed by atoms with E-state index in [1.807, 2.05) is 32.0 Å². The molecule has 1 saturated heterocycles. The van der Waals surface area contributed by atoms with Gasteiger partial charge < -0.3 is 20.7 Å². The molecule has 4 rings (SSSR count). The number of hydrogen-bond donors (Lipinski definition) is 3. The van der Waals surface area contributed by atoms with E-state index in [1.165, 1.54) is 11.8 Å². The molecule has 0 saturated carbocycles. The maximum Gasteiger partial charge on any atom is 0.261 e. The van der Waals surface area contributed by atoms with Crippen molar-refractivity contribution in [2.45, 2.75) is 25.5 Å². The number of thioether (sulfide) groups is 1. The van der Waals surface area contributed by atoms with Crippen molar-refractivity contribution in [3.63, 3.8) is 0 Å². The minimum atomic E-state index is -0.115. The lowest BCUT2D eigenvalue weighted by molar-refractivity contribution is -0.113. The molecule has 0 aliphatic carbocycles. The molecule has 0 radical (unpaired) electrons. The number of carbonyl (C=O) groups is 1. The first-order valence-corrected chi connectivity index (χ1v) is 12.1. The lowest BCUT2D eigenvalue weighted by atomic mass is 10.2. The van der Waals surface area contributed by atoms with Gasteiger partial charge in [0, 0.05) is 38.4 Å². The second-order valence-electron chi connectivity index (χ2n) is 7.48. The summed E-state index contributed by atoms with van der Waals surface area (Å²) in [5.41, 5.74) is 1.94. The number of aromatic nitrogens is 5. The highest BCUT2D eigenvalue weighted by molar-refractivity contribution is 7.99. The number of fused-ring (bicyclic) bond motifs is 1. The van der Waals surface area contributed by atoms with Crippen LogP contribution in [-0.4, -0.2) is 80.5 Å². The van der Waals surface area contributed by atoms with Gasteiger partial charge in [-0.05, 0) is 31.5 Å². The molecular weight excluding hydrogens is 442 g/mol. The highest BCUT2D eigenvalue weighted by Gasteiger charge is 2.16. The second-order valence-corrected chi connectivity index (χ2v) is 8.42. The van der Waals surface area contributed by atoms with Crippen LogP contribution in [-0.2, 0) is 16.1 Å². The molecule has 1 aliphatic heterocycles. The summed E-state index contributed by atoms with van der Waals surface area (Å²) in [7, 11) is 0. The third-order valence-corrected chi connectivity index (χ3v) is 5.90. The first kappa shape index (κ1) is 23.2. The number of ether oxygens (including phenoxy) is 1. The van der Waals surface area contributed by atoms with Crippen molar-refractivity contribution in [1.82, 2.24) is 29.5 Å². The van der Waals surface area contributed by atoms with E-state index < -0.39 is 0 Å². The third-order valence-electron chi connectivity index (χ3n) is 4.97. The molecule has 11 nitrogen and oxygen atoms in total. The van der Waals surface area contributed by atoms with Crippen LogP contribution in [0.1, 0.15) is 19.4 Å². The largest absolute Gasteiger partial charge is 0.379 e. The molecule has 3 heterocycles. The third kappa shape index (κ3) is 6.09. The minimum absolute atomic E-state index is 0.115. The summed E-state index contributed by atoms with van der Waals surface area (Å²) in [5, 5.41) is 18.2. The van der Waals surface area contributed by atoms with Crippen molar-refractivity contribution in [2.75, 3.05) is 61.1 Å². The molecule has 3 N–H and O–H groups in total. The molecule has 2 aromatic heterocycles. The fourth-order valence-electron chi connectivity index (χ4n) is 3.49. The van der Waals surface area contributed by atoms with Crippen molar-refractivity contribution in [2.24, 2.45) is 0 Å². The van der Waals surface area contributed by atoms with Crippen LogP contribution in [0.3, 0.4) is 0 Å². The van der Waals surface area contributed by atoms with Gasteiger partial charge in [0.1, 0.15) is 0 Å². The zero-order valence-corrected chi connectivity index (χ0v) is 19.7. The summed E-state index contributed by atoms with van der Waals surface area (Å²) in [6.45, 7) is 9.56. The minimum Gasteiger partial charge on any atom is -0.379 e. The van der Waals surface area contributed by atoms with Gasteiger partial charge in [0.05, 0.1) is 19.0 Å². The predicted molar refractivity (Wildman–Crippen MR) is 129 cm³/mol. The summed E-state index contributed by atoms with van der Waals surface area (Å²) in [6.07, 6.45) is 0. The summed E-state index contributed by atoms with van der Waals surface area (Å²) in [6, 6.07) is 7.96. The smallest absolute Gasteiger partial charge is 0.261 e. The van der Waals surface area contributed by atoms with E-state index in [1.54, 1.807) is 4.40 Å². The SMILES string of the molecule is CCNc1nc(NCC)n2c(SCC(=O)Nc3cccc(CN4CCOCC4)c3)nnc2n1. The number of hydrogen-bond acceptors (Lipinski definition) is 10. The van der Waals surface area contributed by atoms with Crippen LogP contribution < -0.4 is 16.0 Å². The number of nitrogens with one attached hydrogen (secondary N) is 3. The summed E-state index contributed by atoms with van der Waals surface area (Å²) < 4.78 is 7.14. The van der Waals surface area contributed by atoms with Gasteiger partial charge in [0.15, 0.2) is 5.16 Å². The summed E-state index contributed by atoms with van der Waals surface area (Å²) >= 11 is 1.29. The summed E-state index contributed by atoms with van der Waals surface area (Å²) in [4.78, 5) is 23.8. The number of rotatable bonds is 10. The Bertz CT molecular complexity index is 1080. The van der Waals surface area contributed by atoms with Crippen LogP contribution in [0.15, 0.2) is 29.4 Å². The van der Waals surface area contributed by atoms with Crippen LogP contribution in [0.25, 0.3) is 5.78 Å². The molecule has 1 amide bonds. The van der Waals surface area contributed by atoms with Gasteiger partial charge >= 0.3 is 0 Å². The molecule has 1 aromatic carbocycles. The molecule has 33 heavy (non-hydrogen) atoms. The maximum absolute atomic E-state index is 12.6. The highest BCUT2D eigenvalue weighted by Crippen LogP contribution is 2.21. The van der Waals surface area contributed by atoms with Crippen LogP contribution in [0, 0.1) is 0 Å². The topological polar surface area (TPSA) is 122 Å². The molecule has 0 bridgehead atoms. The van der Waals surface area contributed by atoms with Crippen molar-refractivity contribution in [3.05, 3.63) is 29.8 Å². The van der Waals surface area contributed by atoms with E-state index in [9.17, 15) is 4.79 Å². The molecular formula is C21H29N9O2S. The fourth-order valence-corrected chi connectivity index (χ4v) is 4.22. The van der Waals surface area contributed by atoms with Gasteiger partial charge in [-0.25, -0.2) is 4.40 Å². The average Bonchev–Trinajstić information content (AvgIpc) is 3.22. The van der Waals surface area contributed by atoms with E-state index >= 15 is 0 Å². The first-order valence-electron chi connectivity index (χ1n) is 11.1. The van der Waals surface area contributed by atoms with Crippen LogP contribution in [0.5, 0.6) is 0 Å². The number of nitrogens with zero attached hydrogens (tertiary/aromatic N) is 6. The van der Waals surface area contributed by atoms with E-state index in [0.29, 0.717) is 35.9 Å². The van der Waals surface area contributed by atoms with Crippen LogP contribution >= 0.6 is 11.8 Å². The van der Waals surface area contributed by atoms with Gasteiger partial charge in [-0.3, -0.25) is 9.69 Å². The molecule has 0 spiro atoms. The van der Waals surface area contributed by atoms with E-state index in [-0.39, 0.29) is 11.7 Å². The number of anilines is 3. The highest BCUT2D eigenvalue weighted by atomic mass is 32.2. The van der Waals surface area contributed by atoms with E-state index in [4.69, 9.17) is 4.74 Å². The Morgan fingerprint density at radius 2 is 1.94 bits per heavy atom. The normalized spacial score (nSPS) is 14.4. The quantitative estimate of drug-likeness (QED) is 0.378. The molecule has 1 aliphatic rings. The molecule has 1 fully saturated rings. The van der Waals surface area contributed by atoms with Crippen LogP contribution in [0.4, 0.5) is 17.6 Å². The molecule has 176 valence electrons. The second kappa shape index (κ2) is 11.3. The van der Waals surface area contributed by atoms with Crippen molar-refractivity contribution < 1.29 is 9.53 Å². The molecule has 0 unspecified atom stereocenters. The van der Waals surface area contributed by atoms with Crippen LogP contribution in [0.2, 0.25) is 0 Å². The lowest BCUT2D eigenvalue weighted by Gasteiger charge is -2.26. The van der Waals surface area contributed by atoms with Gasteiger partial charge in [-0.1, -0.05) is 23.9 Å². The number of carbonyl (C=O) groups excluding carboxylic acids is 1. The monoisotopic (exact) mass is 471 g/mol. The first-order chi connectivity index (χ1) is 16.2. The number of morpholine rings is 1.